The van der Waals surface area contributed by atoms with Crippen molar-refractivity contribution in [3.8, 4) is 5.75 Å². The molecule has 0 aliphatic rings. The van der Waals surface area contributed by atoms with Gasteiger partial charge in [0, 0.05) is 6.04 Å². The van der Waals surface area contributed by atoms with Gasteiger partial charge in [0.15, 0.2) is 11.6 Å². The zero-order valence-electron chi connectivity index (χ0n) is 10.9. The van der Waals surface area contributed by atoms with Gasteiger partial charge >= 0.3 is 0 Å². The molecule has 1 unspecified atom stereocenters. The molecule has 0 spiro atoms. The topological polar surface area (TPSA) is 35.2 Å². The smallest absolute Gasteiger partial charge is 0.168 e. The van der Waals surface area contributed by atoms with E-state index in [-0.39, 0.29) is 11.9 Å². The molecule has 0 heterocycles. The molecule has 0 fully saturated rings. The molecule has 3 heteroatoms. The van der Waals surface area contributed by atoms with Crippen LogP contribution in [0.4, 0.5) is 4.39 Å². The molecule has 0 aromatic heterocycles. The van der Waals surface area contributed by atoms with E-state index in [1.807, 2.05) is 0 Å². The lowest BCUT2D eigenvalue weighted by molar-refractivity contribution is 0.372. The average molecular weight is 239 g/mol. The van der Waals surface area contributed by atoms with Crippen molar-refractivity contribution < 1.29 is 9.13 Å². The normalized spacial score (nSPS) is 12.8. The van der Waals surface area contributed by atoms with Gasteiger partial charge in [0.2, 0.25) is 0 Å². The van der Waals surface area contributed by atoms with E-state index in [1.165, 1.54) is 7.11 Å². The molecule has 0 saturated carbocycles. The standard InChI is InChI=1S/C14H22FNO/c1-4-10(5-2)12(16)9-11-7-6-8-13(17-3)14(11)15/h6-8,10,12H,4-5,9,16H2,1-3H3. The Labute approximate surface area is 103 Å². The van der Waals surface area contributed by atoms with Crippen LogP contribution in [0.1, 0.15) is 32.3 Å². The SMILES string of the molecule is CCC(CC)C(N)Cc1cccc(OC)c1F. The summed E-state index contributed by atoms with van der Waals surface area (Å²) >= 11 is 0. The minimum absolute atomic E-state index is 0.00612. The molecule has 1 aromatic rings. The highest BCUT2D eigenvalue weighted by atomic mass is 19.1. The van der Waals surface area contributed by atoms with Crippen LogP contribution in [0.5, 0.6) is 5.75 Å². The summed E-state index contributed by atoms with van der Waals surface area (Å²) in [6.45, 7) is 4.24. The van der Waals surface area contributed by atoms with Crippen LogP contribution in [-0.2, 0) is 6.42 Å². The number of rotatable bonds is 6. The van der Waals surface area contributed by atoms with Crippen LogP contribution in [0.25, 0.3) is 0 Å². The van der Waals surface area contributed by atoms with Gasteiger partial charge in [0.1, 0.15) is 0 Å². The van der Waals surface area contributed by atoms with E-state index in [0.717, 1.165) is 12.8 Å². The lowest BCUT2D eigenvalue weighted by Gasteiger charge is -2.21. The first kappa shape index (κ1) is 14.0. The largest absolute Gasteiger partial charge is 0.494 e. The molecule has 0 bridgehead atoms. The minimum Gasteiger partial charge on any atom is -0.494 e. The predicted molar refractivity (Wildman–Crippen MR) is 68.7 cm³/mol. The van der Waals surface area contributed by atoms with Crippen molar-refractivity contribution in [2.24, 2.45) is 11.7 Å². The summed E-state index contributed by atoms with van der Waals surface area (Å²) in [6.07, 6.45) is 2.63. The van der Waals surface area contributed by atoms with E-state index in [0.29, 0.717) is 23.7 Å². The van der Waals surface area contributed by atoms with Crippen LogP contribution in [0, 0.1) is 11.7 Å². The fourth-order valence-corrected chi connectivity index (χ4v) is 2.19. The Kier molecular flexibility index (Phi) is 5.42. The molecule has 0 radical (unpaired) electrons. The molecular formula is C14H22FNO. The quantitative estimate of drug-likeness (QED) is 0.827. The second-order valence-corrected chi connectivity index (χ2v) is 4.38. The van der Waals surface area contributed by atoms with Crippen LogP contribution in [0.3, 0.4) is 0 Å². The molecule has 2 nitrogen and oxygen atoms in total. The third-order valence-electron chi connectivity index (χ3n) is 3.37. The van der Waals surface area contributed by atoms with Crippen LogP contribution in [0.2, 0.25) is 0 Å². The zero-order chi connectivity index (χ0) is 12.8. The summed E-state index contributed by atoms with van der Waals surface area (Å²) in [5.74, 6) is 0.455. The third kappa shape index (κ3) is 3.43. The molecule has 1 rings (SSSR count). The molecule has 0 amide bonds. The highest BCUT2D eigenvalue weighted by molar-refractivity contribution is 5.31. The summed E-state index contributed by atoms with van der Waals surface area (Å²) < 4.78 is 18.9. The summed E-state index contributed by atoms with van der Waals surface area (Å²) in [4.78, 5) is 0. The number of nitrogens with two attached hydrogens (primary N) is 1. The minimum atomic E-state index is -0.281. The number of ether oxygens (including phenoxy) is 1. The van der Waals surface area contributed by atoms with Gasteiger partial charge in [0.05, 0.1) is 7.11 Å². The maximum atomic E-state index is 13.9. The summed E-state index contributed by atoms with van der Waals surface area (Å²) in [7, 11) is 1.48. The summed E-state index contributed by atoms with van der Waals surface area (Å²) in [5.41, 5.74) is 6.77. The third-order valence-corrected chi connectivity index (χ3v) is 3.37. The fourth-order valence-electron chi connectivity index (χ4n) is 2.19. The number of methoxy groups -OCH3 is 1. The lowest BCUT2D eigenvalue weighted by atomic mass is 9.90. The molecule has 2 N–H and O–H groups in total. The Morgan fingerprint density at radius 1 is 1.29 bits per heavy atom. The second-order valence-electron chi connectivity index (χ2n) is 4.38. The van der Waals surface area contributed by atoms with Crippen LogP contribution >= 0.6 is 0 Å². The molecule has 0 saturated heterocycles. The van der Waals surface area contributed by atoms with Crippen LogP contribution < -0.4 is 10.5 Å². The van der Waals surface area contributed by atoms with E-state index < -0.39 is 0 Å². The van der Waals surface area contributed by atoms with Crippen molar-refractivity contribution in [1.29, 1.82) is 0 Å². The van der Waals surface area contributed by atoms with Gasteiger partial charge in [-0.25, -0.2) is 4.39 Å². The number of halogens is 1. The average Bonchev–Trinajstić information content (AvgIpc) is 2.33. The molecule has 96 valence electrons. The Bertz CT molecular complexity index is 350. The van der Waals surface area contributed by atoms with Crippen molar-refractivity contribution >= 4 is 0 Å². The Morgan fingerprint density at radius 3 is 2.47 bits per heavy atom. The number of benzene rings is 1. The van der Waals surface area contributed by atoms with Gasteiger partial charge in [-0.2, -0.15) is 0 Å². The van der Waals surface area contributed by atoms with E-state index in [9.17, 15) is 4.39 Å². The maximum Gasteiger partial charge on any atom is 0.168 e. The Morgan fingerprint density at radius 2 is 1.94 bits per heavy atom. The van der Waals surface area contributed by atoms with Crippen molar-refractivity contribution in [3.63, 3.8) is 0 Å². The fraction of sp³-hybridized carbons (Fsp3) is 0.571. The molecule has 1 aromatic carbocycles. The molecule has 0 aliphatic carbocycles. The monoisotopic (exact) mass is 239 g/mol. The van der Waals surface area contributed by atoms with Crippen LogP contribution in [-0.4, -0.2) is 13.2 Å². The lowest BCUT2D eigenvalue weighted by Crippen LogP contribution is -2.32. The van der Waals surface area contributed by atoms with Crippen molar-refractivity contribution in [2.45, 2.75) is 39.2 Å². The van der Waals surface area contributed by atoms with Gasteiger partial charge in [-0.05, 0) is 24.0 Å². The van der Waals surface area contributed by atoms with Crippen molar-refractivity contribution in [3.05, 3.63) is 29.6 Å². The van der Waals surface area contributed by atoms with Crippen molar-refractivity contribution in [2.75, 3.05) is 7.11 Å². The molecule has 17 heavy (non-hydrogen) atoms. The van der Waals surface area contributed by atoms with Crippen LogP contribution in [0.15, 0.2) is 18.2 Å². The maximum absolute atomic E-state index is 13.9. The van der Waals surface area contributed by atoms with Crippen molar-refractivity contribution in [1.82, 2.24) is 0 Å². The van der Waals surface area contributed by atoms with Gasteiger partial charge in [-0.15, -0.1) is 0 Å². The van der Waals surface area contributed by atoms with E-state index in [4.69, 9.17) is 10.5 Å². The molecule has 1 atom stereocenters. The molecular weight excluding hydrogens is 217 g/mol. The van der Waals surface area contributed by atoms with E-state index in [2.05, 4.69) is 13.8 Å². The zero-order valence-corrected chi connectivity index (χ0v) is 10.9. The highest BCUT2D eigenvalue weighted by Crippen LogP contribution is 2.23. The highest BCUT2D eigenvalue weighted by Gasteiger charge is 2.17. The van der Waals surface area contributed by atoms with E-state index in [1.54, 1.807) is 18.2 Å². The first-order chi connectivity index (χ1) is 8.13. The Hall–Kier alpha value is -1.09. The van der Waals surface area contributed by atoms with Gasteiger partial charge < -0.3 is 10.5 Å². The van der Waals surface area contributed by atoms with Gasteiger partial charge in [-0.3, -0.25) is 0 Å². The van der Waals surface area contributed by atoms with Gasteiger partial charge in [0.25, 0.3) is 0 Å². The Balaban J connectivity index is 2.81. The molecule has 0 aliphatic heterocycles. The predicted octanol–water partition coefficient (Wildman–Crippen LogP) is 3.14. The summed E-state index contributed by atoms with van der Waals surface area (Å²) in [6, 6.07) is 5.21. The number of hydrogen-bond acceptors (Lipinski definition) is 2. The number of hydrogen-bond donors (Lipinski definition) is 1. The summed E-state index contributed by atoms with van der Waals surface area (Å²) in [5, 5.41) is 0. The second kappa shape index (κ2) is 6.60. The van der Waals surface area contributed by atoms with E-state index >= 15 is 0 Å². The first-order valence-corrected chi connectivity index (χ1v) is 6.20. The van der Waals surface area contributed by atoms with Gasteiger partial charge in [-0.1, -0.05) is 38.8 Å². The first-order valence-electron chi connectivity index (χ1n) is 6.20.